The van der Waals surface area contributed by atoms with Gasteiger partial charge in [-0.15, -0.1) is 11.3 Å². The molecule has 0 aliphatic rings. The zero-order valence-electron chi connectivity index (χ0n) is 13.2. The Morgan fingerprint density at radius 3 is 2.74 bits per heavy atom. The number of hydrogen-bond acceptors (Lipinski definition) is 4. The standard InChI is InChI=1S/C17H20N2O3S/c1-11-5-3-4-6-13(11)12(2)9-15(20)18-8-7-16-19-14(10-23-16)17(21)22/h3-6,10,12H,7-9H2,1-2H3,(H,18,20)(H,21,22). The Balaban J connectivity index is 1.78. The summed E-state index contributed by atoms with van der Waals surface area (Å²) in [4.78, 5) is 26.8. The molecule has 0 spiro atoms. The molecule has 1 aromatic heterocycles. The van der Waals surface area contributed by atoms with E-state index in [0.717, 1.165) is 5.01 Å². The molecule has 1 unspecified atom stereocenters. The highest BCUT2D eigenvalue weighted by Gasteiger charge is 2.13. The van der Waals surface area contributed by atoms with Crippen molar-refractivity contribution in [3.8, 4) is 0 Å². The SMILES string of the molecule is Cc1ccccc1C(C)CC(=O)NCCc1nc(C(=O)O)cs1. The van der Waals surface area contributed by atoms with Crippen molar-refractivity contribution in [3.63, 3.8) is 0 Å². The van der Waals surface area contributed by atoms with Crippen LogP contribution in [0.3, 0.4) is 0 Å². The minimum absolute atomic E-state index is 0.00392. The Morgan fingerprint density at radius 1 is 1.35 bits per heavy atom. The van der Waals surface area contributed by atoms with Gasteiger partial charge in [-0.25, -0.2) is 9.78 Å². The van der Waals surface area contributed by atoms with Crippen LogP contribution in [-0.4, -0.2) is 28.5 Å². The van der Waals surface area contributed by atoms with Crippen LogP contribution in [0, 0.1) is 6.92 Å². The van der Waals surface area contributed by atoms with E-state index in [-0.39, 0.29) is 17.5 Å². The quantitative estimate of drug-likeness (QED) is 0.817. The van der Waals surface area contributed by atoms with Crippen molar-refractivity contribution in [1.82, 2.24) is 10.3 Å². The fraction of sp³-hybridized carbons (Fsp3) is 0.353. The van der Waals surface area contributed by atoms with Gasteiger partial charge in [0.1, 0.15) is 0 Å². The maximum Gasteiger partial charge on any atom is 0.355 e. The second kappa shape index (κ2) is 7.87. The first-order valence-electron chi connectivity index (χ1n) is 7.47. The first-order chi connectivity index (χ1) is 11.0. The lowest BCUT2D eigenvalue weighted by Crippen LogP contribution is -2.26. The Bertz CT molecular complexity index is 697. The lowest BCUT2D eigenvalue weighted by Gasteiger charge is -2.14. The molecular formula is C17H20N2O3S. The van der Waals surface area contributed by atoms with E-state index in [2.05, 4.69) is 16.4 Å². The van der Waals surface area contributed by atoms with Crippen molar-refractivity contribution in [2.45, 2.75) is 32.6 Å². The summed E-state index contributed by atoms with van der Waals surface area (Å²) in [6.07, 6.45) is 0.978. The van der Waals surface area contributed by atoms with Gasteiger partial charge in [0.2, 0.25) is 5.91 Å². The van der Waals surface area contributed by atoms with Crippen molar-refractivity contribution >= 4 is 23.2 Å². The van der Waals surface area contributed by atoms with Gasteiger partial charge in [-0.1, -0.05) is 31.2 Å². The number of carbonyl (C=O) groups is 2. The number of carboxylic acid groups (broad SMARTS) is 1. The summed E-state index contributed by atoms with van der Waals surface area (Å²) in [6.45, 7) is 4.56. The molecule has 0 radical (unpaired) electrons. The van der Waals surface area contributed by atoms with Crippen molar-refractivity contribution in [3.05, 3.63) is 51.5 Å². The molecule has 5 nitrogen and oxygen atoms in total. The fourth-order valence-electron chi connectivity index (χ4n) is 2.43. The molecule has 2 aromatic rings. The Labute approximate surface area is 139 Å². The third-order valence-electron chi connectivity index (χ3n) is 3.64. The molecule has 6 heteroatoms. The number of carbonyl (C=O) groups excluding carboxylic acids is 1. The van der Waals surface area contributed by atoms with E-state index in [9.17, 15) is 9.59 Å². The van der Waals surface area contributed by atoms with Gasteiger partial charge >= 0.3 is 5.97 Å². The molecule has 0 saturated carbocycles. The zero-order chi connectivity index (χ0) is 16.8. The molecule has 0 bridgehead atoms. The highest BCUT2D eigenvalue weighted by molar-refractivity contribution is 7.09. The van der Waals surface area contributed by atoms with Crippen LogP contribution in [-0.2, 0) is 11.2 Å². The maximum atomic E-state index is 12.0. The van der Waals surface area contributed by atoms with Crippen LogP contribution in [0.2, 0.25) is 0 Å². The van der Waals surface area contributed by atoms with Crippen molar-refractivity contribution < 1.29 is 14.7 Å². The fourth-order valence-corrected chi connectivity index (χ4v) is 3.20. The molecule has 1 amide bonds. The molecule has 1 heterocycles. The third kappa shape index (κ3) is 4.89. The van der Waals surface area contributed by atoms with Crippen molar-refractivity contribution in [1.29, 1.82) is 0 Å². The van der Waals surface area contributed by atoms with E-state index >= 15 is 0 Å². The normalized spacial score (nSPS) is 11.9. The number of carboxylic acids is 1. The Kier molecular flexibility index (Phi) is 5.87. The molecular weight excluding hydrogens is 312 g/mol. The topological polar surface area (TPSA) is 79.3 Å². The summed E-state index contributed by atoms with van der Waals surface area (Å²) in [5.41, 5.74) is 2.44. The smallest absolute Gasteiger partial charge is 0.355 e. The monoisotopic (exact) mass is 332 g/mol. The average Bonchev–Trinajstić information content (AvgIpc) is 2.96. The minimum atomic E-state index is -1.02. The molecule has 1 aromatic carbocycles. The van der Waals surface area contributed by atoms with E-state index in [1.54, 1.807) is 0 Å². The van der Waals surface area contributed by atoms with Gasteiger partial charge in [-0.2, -0.15) is 0 Å². The number of nitrogens with one attached hydrogen (secondary N) is 1. The number of nitrogens with zero attached hydrogens (tertiary/aromatic N) is 1. The predicted molar refractivity (Wildman–Crippen MR) is 90.0 cm³/mol. The van der Waals surface area contributed by atoms with Crippen LogP contribution in [0.4, 0.5) is 0 Å². The van der Waals surface area contributed by atoms with Gasteiger partial charge < -0.3 is 10.4 Å². The molecule has 23 heavy (non-hydrogen) atoms. The van der Waals surface area contributed by atoms with Gasteiger partial charge in [-0.05, 0) is 24.0 Å². The molecule has 0 aliphatic carbocycles. The van der Waals surface area contributed by atoms with Gasteiger partial charge in [-0.3, -0.25) is 4.79 Å². The third-order valence-corrected chi connectivity index (χ3v) is 4.55. The first-order valence-corrected chi connectivity index (χ1v) is 8.35. The van der Waals surface area contributed by atoms with E-state index in [4.69, 9.17) is 5.11 Å². The van der Waals surface area contributed by atoms with Crippen LogP contribution in [0.15, 0.2) is 29.6 Å². The summed E-state index contributed by atoms with van der Waals surface area (Å²) < 4.78 is 0. The number of rotatable bonds is 7. The van der Waals surface area contributed by atoms with E-state index in [1.807, 2.05) is 32.0 Å². The predicted octanol–water partition coefficient (Wildman–Crippen LogP) is 3.00. The lowest BCUT2D eigenvalue weighted by atomic mass is 9.93. The van der Waals surface area contributed by atoms with E-state index in [1.165, 1.54) is 27.8 Å². The van der Waals surface area contributed by atoms with E-state index in [0.29, 0.717) is 19.4 Å². The molecule has 2 N–H and O–H groups in total. The maximum absolute atomic E-state index is 12.0. The van der Waals surface area contributed by atoms with Crippen LogP contribution in [0.5, 0.6) is 0 Å². The van der Waals surface area contributed by atoms with Crippen LogP contribution >= 0.6 is 11.3 Å². The number of hydrogen-bond donors (Lipinski definition) is 2. The van der Waals surface area contributed by atoms with Crippen molar-refractivity contribution in [2.75, 3.05) is 6.54 Å². The summed E-state index contributed by atoms with van der Waals surface area (Å²) in [6, 6.07) is 8.08. The van der Waals surface area contributed by atoms with E-state index < -0.39 is 5.97 Å². The van der Waals surface area contributed by atoms with Crippen LogP contribution < -0.4 is 5.32 Å². The molecule has 0 aliphatic heterocycles. The molecule has 1 atom stereocenters. The Hall–Kier alpha value is -2.21. The average molecular weight is 332 g/mol. The Morgan fingerprint density at radius 2 is 2.09 bits per heavy atom. The summed E-state index contributed by atoms with van der Waals surface area (Å²) >= 11 is 1.30. The molecule has 2 rings (SSSR count). The number of amides is 1. The zero-order valence-corrected chi connectivity index (χ0v) is 14.0. The molecule has 0 saturated heterocycles. The van der Waals surface area contributed by atoms with Gasteiger partial charge in [0, 0.05) is 24.8 Å². The number of aryl methyl sites for hydroxylation is 1. The number of thiazole rings is 1. The second-order valence-electron chi connectivity index (χ2n) is 5.49. The largest absolute Gasteiger partial charge is 0.476 e. The van der Waals surface area contributed by atoms with Gasteiger partial charge in [0.15, 0.2) is 5.69 Å². The summed E-state index contributed by atoms with van der Waals surface area (Å²) in [5.74, 6) is -0.867. The number of benzene rings is 1. The van der Waals surface area contributed by atoms with Crippen molar-refractivity contribution in [2.24, 2.45) is 0 Å². The first kappa shape index (κ1) is 17.1. The number of aromatic nitrogens is 1. The van der Waals surface area contributed by atoms with Gasteiger partial charge in [0.25, 0.3) is 0 Å². The summed E-state index contributed by atoms with van der Waals surface area (Å²) in [7, 11) is 0. The van der Waals surface area contributed by atoms with Gasteiger partial charge in [0.05, 0.1) is 5.01 Å². The second-order valence-corrected chi connectivity index (χ2v) is 6.44. The number of aromatic carboxylic acids is 1. The highest BCUT2D eigenvalue weighted by Crippen LogP contribution is 2.22. The minimum Gasteiger partial charge on any atom is -0.476 e. The molecule has 0 fully saturated rings. The lowest BCUT2D eigenvalue weighted by molar-refractivity contribution is -0.121. The molecule has 122 valence electrons. The highest BCUT2D eigenvalue weighted by atomic mass is 32.1. The van der Waals surface area contributed by atoms with Crippen LogP contribution in [0.25, 0.3) is 0 Å². The summed E-state index contributed by atoms with van der Waals surface area (Å²) in [5, 5.41) is 13.9. The van der Waals surface area contributed by atoms with Crippen LogP contribution in [0.1, 0.15) is 45.9 Å².